The van der Waals surface area contributed by atoms with Crippen LogP contribution >= 0.6 is 0 Å². The van der Waals surface area contributed by atoms with Crippen molar-refractivity contribution in [1.29, 1.82) is 0 Å². The number of carbonyl (C=O) groups excluding carboxylic acids is 1. The van der Waals surface area contributed by atoms with Crippen molar-refractivity contribution in [3.05, 3.63) is 83.3 Å². The Morgan fingerprint density at radius 2 is 1.93 bits per heavy atom. The van der Waals surface area contributed by atoms with Crippen LogP contribution in [0.2, 0.25) is 0 Å². The molecule has 5 rings (SSSR count). The molecule has 2 aromatic carbocycles. The summed E-state index contributed by atoms with van der Waals surface area (Å²) in [5.41, 5.74) is 4.16. The van der Waals surface area contributed by atoms with Crippen molar-refractivity contribution in [2.75, 3.05) is 55.5 Å². The van der Waals surface area contributed by atoms with Crippen LogP contribution in [0.5, 0.6) is 5.75 Å². The van der Waals surface area contributed by atoms with Crippen LogP contribution < -0.4 is 25.4 Å². The number of nitrogens with one attached hydrogen (secondary N) is 1. The average molecular weight is 540 g/mol. The molecule has 3 heterocycles. The van der Waals surface area contributed by atoms with Gasteiger partial charge in [-0.1, -0.05) is 18.7 Å². The van der Waals surface area contributed by atoms with Gasteiger partial charge in [-0.2, -0.15) is 4.98 Å². The number of aryl methyl sites for hydroxylation is 2. The van der Waals surface area contributed by atoms with Crippen molar-refractivity contribution in [3.63, 3.8) is 0 Å². The molecule has 1 aliphatic rings. The average Bonchev–Trinajstić information content (AvgIpc) is 2.95. The Morgan fingerprint density at radius 3 is 2.65 bits per heavy atom. The highest BCUT2D eigenvalue weighted by atomic mass is 16.5. The second kappa shape index (κ2) is 11.2. The van der Waals surface area contributed by atoms with E-state index in [2.05, 4.69) is 26.8 Å². The second-order valence-electron chi connectivity index (χ2n) is 9.96. The van der Waals surface area contributed by atoms with Crippen LogP contribution in [0.3, 0.4) is 0 Å². The second-order valence-corrected chi connectivity index (χ2v) is 9.96. The van der Waals surface area contributed by atoms with Crippen LogP contribution in [0.25, 0.3) is 11.0 Å². The van der Waals surface area contributed by atoms with E-state index >= 15 is 0 Å². The smallest absolute Gasteiger partial charge is 0.275 e. The van der Waals surface area contributed by atoms with Gasteiger partial charge in [0.2, 0.25) is 5.95 Å². The number of para-hydroxylation sites is 1. The minimum atomic E-state index is -0.188. The summed E-state index contributed by atoms with van der Waals surface area (Å²) in [5.74, 6) is 1.00. The zero-order valence-electron chi connectivity index (χ0n) is 23.2. The van der Waals surface area contributed by atoms with Crippen molar-refractivity contribution >= 4 is 45.6 Å². The van der Waals surface area contributed by atoms with Gasteiger partial charge >= 0.3 is 0 Å². The van der Waals surface area contributed by atoms with Crippen LogP contribution in [0.4, 0.5) is 28.7 Å². The molecule has 0 spiro atoms. The maximum atomic E-state index is 13.6. The van der Waals surface area contributed by atoms with Crippen molar-refractivity contribution in [2.45, 2.75) is 6.92 Å². The van der Waals surface area contributed by atoms with E-state index in [1.54, 1.807) is 18.1 Å². The number of ether oxygens (including phenoxy) is 1. The van der Waals surface area contributed by atoms with Gasteiger partial charge in [-0.05, 0) is 69.1 Å². The number of anilines is 5. The highest BCUT2D eigenvalue weighted by Gasteiger charge is 2.29. The summed E-state index contributed by atoms with van der Waals surface area (Å²) < 4.78 is 7.29. The number of nitrogens with zero attached hydrogens (tertiary/aromatic N) is 6. The first kappa shape index (κ1) is 26.9. The Morgan fingerprint density at radius 1 is 1.15 bits per heavy atom. The number of benzene rings is 2. The van der Waals surface area contributed by atoms with E-state index in [1.165, 1.54) is 10.6 Å². The minimum Gasteiger partial charge on any atom is -0.492 e. The molecule has 0 fully saturated rings. The number of hydrogen-bond donors (Lipinski definition) is 1. The predicted molar refractivity (Wildman–Crippen MR) is 159 cm³/mol. The molecule has 1 amide bonds. The van der Waals surface area contributed by atoms with E-state index in [1.807, 2.05) is 74.4 Å². The first-order valence-corrected chi connectivity index (χ1v) is 13.1. The molecule has 206 valence electrons. The predicted octanol–water partition coefficient (Wildman–Crippen LogP) is 3.99. The first-order valence-electron chi connectivity index (χ1n) is 13.1. The summed E-state index contributed by atoms with van der Waals surface area (Å²) in [6.07, 6.45) is 3.03. The van der Waals surface area contributed by atoms with Crippen LogP contribution in [0.15, 0.2) is 72.2 Å². The van der Waals surface area contributed by atoms with Gasteiger partial charge in [-0.25, -0.2) is 4.98 Å². The van der Waals surface area contributed by atoms with Gasteiger partial charge in [0, 0.05) is 44.0 Å². The summed E-state index contributed by atoms with van der Waals surface area (Å²) in [7, 11) is 5.72. The molecule has 0 bridgehead atoms. The van der Waals surface area contributed by atoms with Crippen LogP contribution in [-0.4, -0.2) is 65.7 Å². The van der Waals surface area contributed by atoms with Gasteiger partial charge in [-0.3, -0.25) is 14.2 Å². The standard InChI is InChI=1S/C30H33N7O3/c1-6-26(38)37-15-14-36(24-9-7-8-20(2)27(24)37)25-18-21-19-31-30(33-28(21)35(5)29(25)39)32-22-10-12-23(13-11-22)40-17-16-34(3)4/h6-13,18-19H,1,14-17H2,2-5H3,(H,31,32,33). The summed E-state index contributed by atoms with van der Waals surface area (Å²) in [5, 5.41) is 3.93. The molecule has 40 heavy (non-hydrogen) atoms. The molecule has 1 N–H and O–H groups in total. The third-order valence-corrected chi connectivity index (χ3v) is 6.90. The Hall–Kier alpha value is -4.70. The molecule has 0 radical (unpaired) electrons. The number of rotatable bonds is 8. The van der Waals surface area contributed by atoms with Gasteiger partial charge in [0.05, 0.1) is 11.4 Å². The Kier molecular flexibility index (Phi) is 7.52. The molecular weight excluding hydrogens is 506 g/mol. The van der Waals surface area contributed by atoms with Crippen LogP contribution in [0.1, 0.15) is 5.56 Å². The van der Waals surface area contributed by atoms with E-state index in [-0.39, 0.29) is 11.5 Å². The van der Waals surface area contributed by atoms with Crippen LogP contribution in [-0.2, 0) is 11.8 Å². The molecule has 10 nitrogen and oxygen atoms in total. The van der Waals surface area contributed by atoms with Gasteiger partial charge in [0.15, 0.2) is 0 Å². The van der Waals surface area contributed by atoms with Crippen molar-refractivity contribution in [1.82, 2.24) is 19.4 Å². The zero-order valence-corrected chi connectivity index (χ0v) is 23.2. The van der Waals surface area contributed by atoms with Crippen molar-refractivity contribution < 1.29 is 9.53 Å². The molecule has 0 saturated heterocycles. The number of amides is 1. The highest BCUT2D eigenvalue weighted by molar-refractivity contribution is 6.05. The van der Waals surface area contributed by atoms with E-state index in [0.29, 0.717) is 37.0 Å². The Balaban J connectivity index is 1.43. The lowest BCUT2D eigenvalue weighted by molar-refractivity contribution is -0.114. The summed E-state index contributed by atoms with van der Waals surface area (Å²) in [6.45, 7) is 7.94. The molecule has 0 saturated carbocycles. The third kappa shape index (κ3) is 5.26. The SMILES string of the molecule is C=CC(=O)N1CCN(c2cc3cnc(Nc4ccc(OCCN(C)C)cc4)nc3n(C)c2=O)c2cccc(C)c21. The molecule has 10 heteroatoms. The number of pyridine rings is 1. The van der Waals surface area contributed by atoms with Gasteiger partial charge in [0.1, 0.15) is 23.7 Å². The van der Waals surface area contributed by atoms with E-state index in [9.17, 15) is 9.59 Å². The molecule has 1 aliphatic heterocycles. The van der Waals surface area contributed by atoms with E-state index < -0.39 is 0 Å². The maximum Gasteiger partial charge on any atom is 0.275 e. The van der Waals surface area contributed by atoms with Crippen molar-refractivity contribution in [2.24, 2.45) is 7.05 Å². The number of carbonyl (C=O) groups is 1. The molecule has 0 atom stereocenters. The minimum absolute atomic E-state index is 0.165. The molecule has 0 aliphatic carbocycles. The van der Waals surface area contributed by atoms with E-state index in [0.717, 1.165) is 40.3 Å². The summed E-state index contributed by atoms with van der Waals surface area (Å²) in [4.78, 5) is 41.0. The van der Waals surface area contributed by atoms with Gasteiger partial charge in [-0.15, -0.1) is 0 Å². The summed E-state index contributed by atoms with van der Waals surface area (Å²) >= 11 is 0. The fraction of sp³-hybridized carbons (Fsp3) is 0.267. The third-order valence-electron chi connectivity index (χ3n) is 6.90. The molecule has 4 aromatic rings. The zero-order chi connectivity index (χ0) is 28.4. The van der Waals surface area contributed by atoms with Gasteiger partial charge in [0.25, 0.3) is 11.5 Å². The monoisotopic (exact) mass is 539 g/mol. The lowest BCUT2D eigenvalue weighted by Gasteiger charge is -2.38. The number of fused-ring (bicyclic) bond motifs is 2. The van der Waals surface area contributed by atoms with Crippen LogP contribution in [0, 0.1) is 6.92 Å². The first-order chi connectivity index (χ1) is 19.3. The molecule has 2 aromatic heterocycles. The maximum absolute atomic E-state index is 13.6. The number of aromatic nitrogens is 3. The highest BCUT2D eigenvalue weighted by Crippen LogP contribution is 2.39. The molecule has 0 unspecified atom stereocenters. The largest absolute Gasteiger partial charge is 0.492 e. The topological polar surface area (TPSA) is 95.8 Å². The number of hydrogen-bond acceptors (Lipinski definition) is 8. The lowest BCUT2D eigenvalue weighted by atomic mass is 10.1. The lowest BCUT2D eigenvalue weighted by Crippen LogP contribution is -2.43. The normalized spacial score (nSPS) is 12.9. The van der Waals surface area contributed by atoms with Gasteiger partial charge < -0.3 is 24.8 Å². The molecular formula is C30H33N7O3. The van der Waals surface area contributed by atoms with E-state index in [4.69, 9.17) is 4.74 Å². The Labute approximate surface area is 233 Å². The summed E-state index contributed by atoms with van der Waals surface area (Å²) in [6, 6.07) is 15.2. The Bertz CT molecular complexity index is 1630. The fourth-order valence-electron chi connectivity index (χ4n) is 4.82. The number of likely N-dealkylation sites (N-methyl/N-ethyl adjacent to an activating group) is 1. The quantitative estimate of drug-likeness (QED) is 0.336. The fourth-order valence-corrected chi connectivity index (χ4v) is 4.82. The van der Waals surface area contributed by atoms with Crippen molar-refractivity contribution in [3.8, 4) is 5.75 Å².